The van der Waals surface area contributed by atoms with Crippen LogP contribution in [0, 0.1) is 17.8 Å². The van der Waals surface area contributed by atoms with E-state index in [4.69, 9.17) is 0 Å². The standard InChI is InChI=1S/C17H30O/c1-7-9-14(4)12-16(6)17(18)11-8-10-15(5)13(2)3/h7,9,12-13,15-16H,8,10-11H2,1-6H3/b9-7+,14-12+. The third kappa shape index (κ3) is 7.47. The van der Waals surface area contributed by atoms with Crippen molar-refractivity contribution < 1.29 is 4.79 Å². The minimum Gasteiger partial charge on any atom is -0.299 e. The monoisotopic (exact) mass is 250 g/mol. The molecular weight excluding hydrogens is 220 g/mol. The molecule has 1 nitrogen and oxygen atoms in total. The lowest BCUT2D eigenvalue weighted by Crippen LogP contribution is -2.10. The molecule has 0 radical (unpaired) electrons. The average Bonchev–Trinajstić information content (AvgIpc) is 2.28. The van der Waals surface area contributed by atoms with Crippen LogP contribution in [0.25, 0.3) is 0 Å². The summed E-state index contributed by atoms with van der Waals surface area (Å²) in [4.78, 5) is 12.0. The van der Waals surface area contributed by atoms with E-state index in [0.717, 1.165) is 19.3 Å². The highest BCUT2D eigenvalue weighted by molar-refractivity contribution is 5.82. The van der Waals surface area contributed by atoms with E-state index in [2.05, 4.69) is 26.8 Å². The van der Waals surface area contributed by atoms with E-state index in [9.17, 15) is 4.79 Å². The van der Waals surface area contributed by atoms with Crippen LogP contribution >= 0.6 is 0 Å². The van der Waals surface area contributed by atoms with Crippen molar-refractivity contribution in [1.29, 1.82) is 0 Å². The Morgan fingerprint density at radius 2 is 1.78 bits per heavy atom. The van der Waals surface area contributed by atoms with Gasteiger partial charge in [0.2, 0.25) is 0 Å². The number of hydrogen-bond acceptors (Lipinski definition) is 1. The van der Waals surface area contributed by atoms with Gasteiger partial charge in [-0.2, -0.15) is 0 Å². The summed E-state index contributed by atoms with van der Waals surface area (Å²) in [5.74, 6) is 1.85. The summed E-state index contributed by atoms with van der Waals surface area (Å²) in [5, 5.41) is 0. The van der Waals surface area contributed by atoms with Gasteiger partial charge in [0.25, 0.3) is 0 Å². The lowest BCUT2D eigenvalue weighted by atomic mass is 9.91. The molecule has 0 amide bonds. The zero-order valence-electron chi connectivity index (χ0n) is 13.0. The Hall–Kier alpha value is -0.850. The van der Waals surface area contributed by atoms with Gasteiger partial charge >= 0.3 is 0 Å². The third-order valence-electron chi connectivity index (χ3n) is 3.67. The highest BCUT2D eigenvalue weighted by Gasteiger charge is 2.12. The van der Waals surface area contributed by atoms with Gasteiger partial charge in [-0.3, -0.25) is 4.79 Å². The fourth-order valence-electron chi connectivity index (χ4n) is 1.97. The maximum Gasteiger partial charge on any atom is 0.139 e. The van der Waals surface area contributed by atoms with Crippen molar-refractivity contribution in [3.63, 3.8) is 0 Å². The third-order valence-corrected chi connectivity index (χ3v) is 3.67. The quantitative estimate of drug-likeness (QED) is 0.543. The van der Waals surface area contributed by atoms with Crippen molar-refractivity contribution in [2.75, 3.05) is 0 Å². The van der Waals surface area contributed by atoms with E-state index in [0.29, 0.717) is 17.6 Å². The Morgan fingerprint density at radius 1 is 1.17 bits per heavy atom. The summed E-state index contributed by atoms with van der Waals surface area (Å²) in [6.07, 6.45) is 9.02. The van der Waals surface area contributed by atoms with Crippen LogP contribution in [-0.2, 0) is 4.79 Å². The molecule has 0 rings (SSSR count). The number of ketones is 1. The lowest BCUT2D eigenvalue weighted by molar-refractivity contribution is -0.121. The Kier molecular flexibility index (Phi) is 8.70. The van der Waals surface area contributed by atoms with Crippen molar-refractivity contribution in [1.82, 2.24) is 0 Å². The summed E-state index contributed by atoms with van der Waals surface area (Å²) >= 11 is 0. The van der Waals surface area contributed by atoms with Crippen molar-refractivity contribution in [3.05, 3.63) is 23.8 Å². The molecular formula is C17H30O. The van der Waals surface area contributed by atoms with Crippen LogP contribution in [-0.4, -0.2) is 5.78 Å². The minimum absolute atomic E-state index is 0.0514. The normalized spacial score (nSPS) is 16.3. The second-order valence-electron chi connectivity index (χ2n) is 5.78. The van der Waals surface area contributed by atoms with Gasteiger partial charge in [-0.15, -0.1) is 0 Å². The molecule has 0 aromatic heterocycles. The SMILES string of the molecule is C/C=C/C(C)=C/C(C)C(=O)CCCC(C)C(C)C. The van der Waals surface area contributed by atoms with E-state index in [1.807, 2.05) is 32.9 Å². The highest BCUT2D eigenvalue weighted by Crippen LogP contribution is 2.18. The van der Waals surface area contributed by atoms with Crippen molar-refractivity contribution in [2.45, 2.75) is 60.8 Å². The molecule has 0 aliphatic rings. The van der Waals surface area contributed by atoms with E-state index in [1.54, 1.807) is 0 Å². The molecule has 0 bridgehead atoms. The Bertz CT molecular complexity index is 297. The highest BCUT2D eigenvalue weighted by atomic mass is 16.1. The maximum atomic E-state index is 12.0. The molecule has 0 aliphatic heterocycles. The van der Waals surface area contributed by atoms with Gasteiger partial charge in [0.15, 0.2) is 0 Å². The Morgan fingerprint density at radius 3 is 2.28 bits per heavy atom. The number of Topliss-reactive ketones (excluding diaryl/α,β-unsaturated/α-hetero) is 1. The van der Waals surface area contributed by atoms with Crippen molar-refractivity contribution >= 4 is 5.78 Å². The van der Waals surface area contributed by atoms with Crippen LogP contribution in [0.3, 0.4) is 0 Å². The largest absolute Gasteiger partial charge is 0.299 e. The van der Waals surface area contributed by atoms with Gasteiger partial charge in [0.1, 0.15) is 5.78 Å². The van der Waals surface area contributed by atoms with Crippen molar-refractivity contribution in [2.24, 2.45) is 17.8 Å². The van der Waals surface area contributed by atoms with E-state index >= 15 is 0 Å². The Balaban J connectivity index is 4.06. The number of rotatable bonds is 8. The fraction of sp³-hybridized carbons (Fsp3) is 0.706. The number of carbonyl (C=O) groups excluding carboxylic acids is 1. The topological polar surface area (TPSA) is 17.1 Å². The first-order chi connectivity index (χ1) is 8.38. The number of hydrogen-bond donors (Lipinski definition) is 0. The predicted octanol–water partition coefficient (Wildman–Crippen LogP) is 5.18. The van der Waals surface area contributed by atoms with E-state index in [1.165, 1.54) is 5.57 Å². The lowest BCUT2D eigenvalue weighted by Gasteiger charge is -2.15. The van der Waals surface area contributed by atoms with Crippen LogP contribution in [0.1, 0.15) is 60.8 Å². The van der Waals surface area contributed by atoms with Crippen molar-refractivity contribution in [3.8, 4) is 0 Å². The van der Waals surface area contributed by atoms with Crippen LogP contribution in [0.15, 0.2) is 23.8 Å². The van der Waals surface area contributed by atoms with E-state index in [-0.39, 0.29) is 5.92 Å². The van der Waals surface area contributed by atoms with Crippen LogP contribution in [0.2, 0.25) is 0 Å². The first-order valence-corrected chi connectivity index (χ1v) is 7.22. The summed E-state index contributed by atoms with van der Waals surface area (Å²) in [6, 6.07) is 0. The molecule has 18 heavy (non-hydrogen) atoms. The Labute approximate surface area is 113 Å². The van der Waals surface area contributed by atoms with Gasteiger partial charge in [-0.05, 0) is 32.1 Å². The molecule has 1 heteroatoms. The van der Waals surface area contributed by atoms with Gasteiger partial charge in [0, 0.05) is 12.3 Å². The predicted molar refractivity (Wildman–Crippen MR) is 80.6 cm³/mol. The first-order valence-electron chi connectivity index (χ1n) is 7.22. The summed E-state index contributed by atoms with van der Waals surface area (Å²) < 4.78 is 0. The van der Waals surface area contributed by atoms with Gasteiger partial charge < -0.3 is 0 Å². The molecule has 104 valence electrons. The molecule has 0 fully saturated rings. The molecule has 0 heterocycles. The zero-order chi connectivity index (χ0) is 14.1. The summed E-state index contributed by atoms with van der Waals surface area (Å²) in [7, 11) is 0. The molecule has 0 saturated heterocycles. The maximum absolute atomic E-state index is 12.0. The van der Waals surface area contributed by atoms with Crippen LogP contribution in [0.5, 0.6) is 0 Å². The number of allylic oxidation sites excluding steroid dienone is 4. The van der Waals surface area contributed by atoms with E-state index < -0.39 is 0 Å². The second-order valence-corrected chi connectivity index (χ2v) is 5.78. The molecule has 0 aromatic carbocycles. The smallest absolute Gasteiger partial charge is 0.139 e. The van der Waals surface area contributed by atoms with Crippen LogP contribution < -0.4 is 0 Å². The average molecular weight is 250 g/mol. The molecule has 2 atom stereocenters. The van der Waals surface area contributed by atoms with Gasteiger partial charge in [-0.25, -0.2) is 0 Å². The zero-order valence-corrected chi connectivity index (χ0v) is 13.0. The molecule has 0 aromatic rings. The minimum atomic E-state index is 0.0514. The second kappa shape index (κ2) is 9.13. The molecule has 0 saturated carbocycles. The summed E-state index contributed by atoms with van der Waals surface area (Å²) in [6.45, 7) is 12.8. The number of carbonyl (C=O) groups is 1. The molecule has 0 N–H and O–H groups in total. The molecule has 0 spiro atoms. The summed E-state index contributed by atoms with van der Waals surface area (Å²) in [5.41, 5.74) is 1.17. The molecule has 0 aliphatic carbocycles. The van der Waals surface area contributed by atoms with Gasteiger partial charge in [-0.1, -0.05) is 57.9 Å². The molecule has 2 unspecified atom stereocenters. The first kappa shape index (κ1) is 17.2. The fourth-order valence-corrected chi connectivity index (χ4v) is 1.97. The van der Waals surface area contributed by atoms with Crippen LogP contribution in [0.4, 0.5) is 0 Å². The van der Waals surface area contributed by atoms with Gasteiger partial charge in [0.05, 0.1) is 0 Å².